The van der Waals surface area contributed by atoms with Gasteiger partial charge in [-0.05, 0) is 32.9 Å². The van der Waals surface area contributed by atoms with Crippen LogP contribution in [0.5, 0.6) is 0 Å². The molecule has 0 radical (unpaired) electrons. The van der Waals surface area contributed by atoms with E-state index in [0.717, 1.165) is 6.54 Å². The molecule has 2 nitrogen and oxygen atoms in total. The average molecular weight is 188 g/mol. The van der Waals surface area contributed by atoms with Gasteiger partial charge in [-0.1, -0.05) is 6.42 Å². The first-order chi connectivity index (χ1) is 5.79. The van der Waals surface area contributed by atoms with Gasteiger partial charge in [0.05, 0.1) is 0 Å². The van der Waals surface area contributed by atoms with Crippen LogP contribution in [-0.2, 0) is 0 Å². The number of nitrogens with one attached hydrogen (secondary N) is 1. The van der Waals surface area contributed by atoms with E-state index >= 15 is 0 Å². The zero-order valence-corrected chi connectivity index (χ0v) is 8.82. The SMILES string of the molecule is CC(S)NCCN1CCCCC1. The van der Waals surface area contributed by atoms with Crippen LogP contribution in [-0.4, -0.2) is 36.5 Å². The summed E-state index contributed by atoms with van der Waals surface area (Å²) in [5, 5.41) is 3.64. The van der Waals surface area contributed by atoms with E-state index in [1.165, 1.54) is 38.9 Å². The highest BCUT2D eigenvalue weighted by Gasteiger charge is 2.08. The van der Waals surface area contributed by atoms with Crippen LogP contribution in [0.4, 0.5) is 0 Å². The molecule has 3 heteroatoms. The van der Waals surface area contributed by atoms with Gasteiger partial charge in [-0.15, -0.1) is 0 Å². The van der Waals surface area contributed by atoms with Gasteiger partial charge in [-0.25, -0.2) is 0 Å². The van der Waals surface area contributed by atoms with Crippen molar-refractivity contribution in [2.24, 2.45) is 0 Å². The Hall–Kier alpha value is 0.270. The average Bonchev–Trinajstić information content (AvgIpc) is 2.05. The van der Waals surface area contributed by atoms with Crippen molar-refractivity contribution in [1.29, 1.82) is 0 Å². The molecule has 1 heterocycles. The van der Waals surface area contributed by atoms with E-state index in [9.17, 15) is 0 Å². The van der Waals surface area contributed by atoms with Gasteiger partial charge in [0.2, 0.25) is 0 Å². The molecule has 72 valence electrons. The lowest BCUT2D eigenvalue weighted by Crippen LogP contribution is -2.37. The molecular formula is C9H20N2S. The van der Waals surface area contributed by atoms with E-state index in [1.54, 1.807) is 0 Å². The molecule has 0 aromatic rings. The maximum atomic E-state index is 4.27. The molecule has 0 spiro atoms. The molecule has 1 aliphatic rings. The molecule has 1 fully saturated rings. The van der Waals surface area contributed by atoms with Crippen molar-refractivity contribution in [1.82, 2.24) is 10.2 Å². The zero-order valence-electron chi connectivity index (χ0n) is 7.92. The maximum Gasteiger partial charge on any atom is 0.0474 e. The lowest BCUT2D eigenvalue weighted by atomic mass is 10.1. The summed E-state index contributed by atoms with van der Waals surface area (Å²) in [6, 6.07) is 0. The molecule has 0 amide bonds. The summed E-state index contributed by atoms with van der Waals surface area (Å²) in [6.07, 6.45) is 4.19. The summed E-state index contributed by atoms with van der Waals surface area (Å²) in [4.78, 5) is 2.53. The highest BCUT2D eigenvalue weighted by molar-refractivity contribution is 7.80. The van der Waals surface area contributed by atoms with E-state index < -0.39 is 0 Å². The second-order valence-corrected chi connectivity index (χ2v) is 4.31. The van der Waals surface area contributed by atoms with Gasteiger partial charge >= 0.3 is 0 Å². The van der Waals surface area contributed by atoms with Gasteiger partial charge in [0.1, 0.15) is 0 Å². The molecule has 1 N–H and O–H groups in total. The standard InChI is InChI=1S/C9H20N2S/c1-9(12)10-5-8-11-6-3-2-4-7-11/h9-10,12H,2-8H2,1H3. The zero-order chi connectivity index (χ0) is 8.81. The van der Waals surface area contributed by atoms with E-state index in [4.69, 9.17) is 0 Å². The molecule has 1 atom stereocenters. The molecule has 0 bridgehead atoms. The first-order valence-electron chi connectivity index (χ1n) is 4.93. The van der Waals surface area contributed by atoms with Gasteiger partial charge in [0.25, 0.3) is 0 Å². The minimum Gasteiger partial charge on any atom is -0.304 e. The van der Waals surface area contributed by atoms with Crippen molar-refractivity contribution in [3.05, 3.63) is 0 Å². The topological polar surface area (TPSA) is 15.3 Å². The molecule has 0 aromatic carbocycles. The van der Waals surface area contributed by atoms with Crippen LogP contribution in [0.1, 0.15) is 26.2 Å². The second-order valence-electron chi connectivity index (χ2n) is 3.53. The van der Waals surface area contributed by atoms with Gasteiger partial charge < -0.3 is 10.2 Å². The Balaban J connectivity index is 1.98. The fraction of sp³-hybridized carbons (Fsp3) is 1.00. The molecule has 1 unspecified atom stereocenters. The first kappa shape index (κ1) is 10.4. The number of hydrogen-bond acceptors (Lipinski definition) is 3. The van der Waals surface area contributed by atoms with Crippen molar-refractivity contribution in [2.45, 2.75) is 31.6 Å². The molecule has 0 saturated carbocycles. The molecule has 0 aliphatic carbocycles. The van der Waals surface area contributed by atoms with E-state index in [2.05, 4.69) is 29.8 Å². The molecule has 1 aliphatic heterocycles. The van der Waals surface area contributed by atoms with Crippen LogP contribution in [0.3, 0.4) is 0 Å². The van der Waals surface area contributed by atoms with Crippen molar-refractivity contribution >= 4 is 12.6 Å². The van der Waals surface area contributed by atoms with Crippen LogP contribution in [0, 0.1) is 0 Å². The van der Waals surface area contributed by atoms with Crippen LogP contribution in [0.25, 0.3) is 0 Å². The number of piperidine rings is 1. The minimum absolute atomic E-state index is 0.329. The quantitative estimate of drug-likeness (QED) is 0.511. The lowest BCUT2D eigenvalue weighted by molar-refractivity contribution is 0.229. The first-order valence-corrected chi connectivity index (χ1v) is 5.44. The van der Waals surface area contributed by atoms with Gasteiger partial charge in [0, 0.05) is 18.5 Å². The predicted molar refractivity (Wildman–Crippen MR) is 56.7 cm³/mol. The number of nitrogens with zero attached hydrogens (tertiary/aromatic N) is 1. The van der Waals surface area contributed by atoms with Gasteiger partial charge in [-0.3, -0.25) is 0 Å². The number of rotatable bonds is 4. The molecular weight excluding hydrogens is 168 g/mol. The second kappa shape index (κ2) is 5.84. The van der Waals surface area contributed by atoms with E-state index in [-0.39, 0.29) is 0 Å². The Morgan fingerprint density at radius 2 is 2.00 bits per heavy atom. The maximum absolute atomic E-state index is 4.27. The summed E-state index contributed by atoms with van der Waals surface area (Å²) < 4.78 is 0. The number of hydrogen-bond donors (Lipinski definition) is 2. The largest absolute Gasteiger partial charge is 0.304 e. The normalized spacial score (nSPS) is 22.5. The number of likely N-dealkylation sites (tertiary alicyclic amines) is 1. The van der Waals surface area contributed by atoms with Crippen LogP contribution < -0.4 is 5.32 Å². The lowest BCUT2D eigenvalue weighted by Gasteiger charge is -2.26. The summed E-state index contributed by atoms with van der Waals surface area (Å²) in [7, 11) is 0. The smallest absolute Gasteiger partial charge is 0.0474 e. The van der Waals surface area contributed by atoms with Crippen LogP contribution in [0.2, 0.25) is 0 Å². The molecule has 1 rings (SSSR count). The van der Waals surface area contributed by atoms with Crippen molar-refractivity contribution in [3.63, 3.8) is 0 Å². The third kappa shape index (κ3) is 4.33. The van der Waals surface area contributed by atoms with Crippen molar-refractivity contribution in [2.75, 3.05) is 26.2 Å². The van der Waals surface area contributed by atoms with E-state index in [0.29, 0.717) is 5.37 Å². The highest BCUT2D eigenvalue weighted by atomic mass is 32.1. The summed E-state index contributed by atoms with van der Waals surface area (Å²) >= 11 is 4.27. The third-order valence-electron chi connectivity index (χ3n) is 2.32. The van der Waals surface area contributed by atoms with Crippen LogP contribution in [0.15, 0.2) is 0 Å². The Morgan fingerprint density at radius 1 is 1.33 bits per heavy atom. The monoisotopic (exact) mass is 188 g/mol. The number of thiol groups is 1. The molecule has 0 aromatic heterocycles. The summed E-state index contributed by atoms with van der Waals surface area (Å²) in [5.74, 6) is 0. The molecule has 1 saturated heterocycles. The Kier molecular flexibility index (Phi) is 5.04. The highest BCUT2D eigenvalue weighted by Crippen LogP contribution is 2.07. The van der Waals surface area contributed by atoms with E-state index in [1.807, 2.05) is 0 Å². The third-order valence-corrected chi connectivity index (χ3v) is 2.50. The molecule has 12 heavy (non-hydrogen) atoms. The van der Waals surface area contributed by atoms with Crippen molar-refractivity contribution in [3.8, 4) is 0 Å². The Morgan fingerprint density at radius 3 is 2.58 bits per heavy atom. The minimum atomic E-state index is 0.329. The van der Waals surface area contributed by atoms with Crippen LogP contribution >= 0.6 is 12.6 Å². The fourth-order valence-electron chi connectivity index (χ4n) is 1.61. The summed E-state index contributed by atoms with van der Waals surface area (Å²) in [5.41, 5.74) is 0. The Labute approximate surface area is 81.1 Å². The van der Waals surface area contributed by atoms with Gasteiger partial charge in [0.15, 0.2) is 0 Å². The van der Waals surface area contributed by atoms with Crippen molar-refractivity contribution < 1.29 is 0 Å². The fourth-order valence-corrected chi connectivity index (χ4v) is 1.74. The Bertz CT molecular complexity index is 111. The summed E-state index contributed by atoms with van der Waals surface area (Å²) in [6.45, 7) is 6.92. The predicted octanol–water partition coefficient (Wildman–Crippen LogP) is 1.34. The van der Waals surface area contributed by atoms with Gasteiger partial charge in [-0.2, -0.15) is 12.6 Å².